The minimum Gasteiger partial charge on any atom is -0.480 e. The molecule has 262 valence electrons. The van der Waals surface area contributed by atoms with Gasteiger partial charge in [-0.25, -0.2) is 14.2 Å². The Bertz CT molecular complexity index is 1720. The maximum Gasteiger partial charge on any atom is 0.411 e. The SMILES string of the molecule is CC.Cc1cc(N2CCOC[C@@H]2C(F)(F)F)cc(F)c1C(=O)N[C@@H](Cc1ccc(-c2nc(C)c(C)n(C)c2=O)c2c1CCC2)C(=O)O.O. The van der Waals surface area contributed by atoms with Gasteiger partial charge in [-0.1, -0.05) is 26.0 Å². The van der Waals surface area contributed by atoms with Gasteiger partial charge in [0.1, 0.15) is 23.6 Å². The summed E-state index contributed by atoms with van der Waals surface area (Å²) in [4.78, 5) is 44.1. The Kier molecular flexibility index (Phi) is 12.1. The first kappa shape index (κ1) is 38.2. The fourth-order valence-corrected chi connectivity index (χ4v) is 6.23. The summed E-state index contributed by atoms with van der Waals surface area (Å²) in [7, 11) is 1.69. The lowest BCUT2D eigenvalue weighted by molar-refractivity contribution is -0.167. The van der Waals surface area contributed by atoms with Gasteiger partial charge in [0, 0.05) is 37.0 Å². The fourth-order valence-electron chi connectivity index (χ4n) is 6.23. The lowest BCUT2D eigenvalue weighted by Crippen LogP contribution is -2.53. The third kappa shape index (κ3) is 7.54. The summed E-state index contributed by atoms with van der Waals surface area (Å²) in [5.74, 6) is -3.39. The maximum absolute atomic E-state index is 15.3. The van der Waals surface area contributed by atoms with Crippen LogP contribution in [0.2, 0.25) is 0 Å². The number of nitrogens with zero attached hydrogens (tertiary/aromatic N) is 3. The van der Waals surface area contributed by atoms with Crippen LogP contribution in [0.4, 0.5) is 23.2 Å². The molecule has 1 fully saturated rings. The van der Waals surface area contributed by atoms with Crippen molar-refractivity contribution in [3.8, 4) is 11.3 Å². The fraction of sp³-hybridized carbons (Fsp3) is 0.471. The van der Waals surface area contributed by atoms with E-state index in [1.54, 1.807) is 23.7 Å². The molecule has 48 heavy (non-hydrogen) atoms. The monoisotopic (exact) mass is 678 g/mol. The van der Waals surface area contributed by atoms with Crippen molar-refractivity contribution in [2.45, 2.75) is 78.6 Å². The van der Waals surface area contributed by atoms with E-state index in [2.05, 4.69) is 10.3 Å². The summed E-state index contributed by atoms with van der Waals surface area (Å²) in [5.41, 5.74) is 4.30. The number of hydrogen-bond acceptors (Lipinski definition) is 6. The molecule has 2 aliphatic rings. The van der Waals surface area contributed by atoms with Crippen LogP contribution < -0.4 is 15.8 Å². The maximum atomic E-state index is 15.3. The number of anilines is 1. The van der Waals surface area contributed by atoms with E-state index in [-0.39, 0.29) is 41.9 Å². The second kappa shape index (κ2) is 15.3. The van der Waals surface area contributed by atoms with Crippen molar-refractivity contribution in [2.75, 3.05) is 24.7 Å². The van der Waals surface area contributed by atoms with Gasteiger partial charge in [0.15, 0.2) is 0 Å². The average Bonchev–Trinajstić information content (AvgIpc) is 3.52. The number of alkyl halides is 3. The van der Waals surface area contributed by atoms with E-state index < -0.39 is 48.1 Å². The predicted molar refractivity (Wildman–Crippen MR) is 173 cm³/mol. The number of halogens is 4. The van der Waals surface area contributed by atoms with Gasteiger partial charge in [0.05, 0.1) is 24.5 Å². The van der Waals surface area contributed by atoms with Crippen molar-refractivity contribution in [1.29, 1.82) is 0 Å². The van der Waals surface area contributed by atoms with Crippen molar-refractivity contribution in [3.63, 3.8) is 0 Å². The highest BCUT2D eigenvalue weighted by molar-refractivity contribution is 5.98. The number of nitrogens with one attached hydrogen (secondary N) is 1. The number of carbonyl (C=O) groups excluding carboxylic acids is 1. The van der Waals surface area contributed by atoms with Gasteiger partial charge in [0.2, 0.25) is 0 Å². The summed E-state index contributed by atoms with van der Waals surface area (Å²) in [6, 6.07) is 2.24. The summed E-state index contributed by atoms with van der Waals surface area (Å²) in [5, 5.41) is 12.4. The van der Waals surface area contributed by atoms with Crippen molar-refractivity contribution in [2.24, 2.45) is 7.05 Å². The Hall–Kier alpha value is -4.30. The van der Waals surface area contributed by atoms with Crippen molar-refractivity contribution in [3.05, 3.63) is 79.6 Å². The number of amides is 1. The highest BCUT2D eigenvalue weighted by atomic mass is 19.4. The van der Waals surface area contributed by atoms with Crippen molar-refractivity contribution >= 4 is 17.6 Å². The lowest BCUT2D eigenvalue weighted by Gasteiger charge is -2.38. The molecule has 1 aromatic heterocycles. The molecule has 5 rings (SSSR count). The molecule has 0 spiro atoms. The van der Waals surface area contributed by atoms with Gasteiger partial charge in [-0.3, -0.25) is 9.59 Å². The van der Waals surface area contributed by atoms with Crippen LogP contribution in [0.1, 0.15) is 64.3 Å². The molecule has 0 saturated carbocycles. The van der Waals surface area contributed by atoms with Crippen LogP contribution in [0.15, 0.2) is 29.1 Å². The zero-order valence-electron chi connectivity index (χ0n) is 27.8. The number of rotatable bonds is 7. The number of carboxylic acids is 1. The van der Waals surface area contributed by atoms with Gasteiger partial charge in [-0.05, 0) is 74.4 Å². The van der Waals surface area contributed by atoms with Gasteiger partial charge < -0.3 is 30.1 Å². The minimum absolute atomic E-state index is 0. The standard InChI is InChI=1S/C32H34F4N4O5.C2H6.H2O/c1-16-12-20(40-10-11-45-15-26(40)32(34,35)36)14-24(33)27(16)29(41)38-25(31(43)44)13-19-8-9-23(22-7-5-6-21(19)22)28-30(42)39(4)18(3)17(2)37-28;1-2;/h8-9,12,14,25-26H,5-7,10-11,13,15H2,1-4H3,(H,38,41)(H,43,44);1-2H3;1H2/t25-,26+;;/m0../s1. The second-order valence-corrected chi connectivity index (χ2v) is 11.6. The number of morpholine rings is 1. The summed E-state index contributed by atoms with van der Waals surface area (Å²) < 4.78 is 62.6. The van der Waals surface area contributed by atoms with E-state index in [1.807, 2.05) is 27.7 Å². The van der Waals surface area contributed by atoms with Gasteiger partial charge in [-0.2, -0.15) is 13.2 Å². The Morgan fingerprint density at radius 1 is 1.12 bits per heavy atom. The van der Waals surface area contributed by atoms with Crippen LogP contribution in [-0.4, -0.2) is 70.0 Å². The number of carbonyl (C=O) groups is 2. The molecule has 0 unspecified atom stereocenters. The molecule has 2 atom stereocenters. The number of ether oxygens (including phenoxy) is 1. The van der Waals surface area contributed by atoms with Crippen molar-refractivity contribution < 1.29 is 42.5 Å². The van der Waals surface area contributed by atoms with Gasteiger partial charge in [-0.15, -0.1) is 0 Å². The third-order valence-corrected chi connectivity index (χ3v) is 8.81. The van der Waals surface area contributed by atoms with Crippen LogP contribution in [0.5, 0.6) is 0 Å². The molecule has 1 saturated heterocycles. The zero-order valence-corrected chi connectivity index (χ0v) is 27.8. The first-order valence-corrected chi connectivity index (χ1v) is 15.6. The van der Waals surface area contributed by atoms with Crippen LogP contribution in [-0.2, 0) is 35.8 Å². The molecule has 1 aliphatic carbocycles. The lowest BCUT2D eigenvalue weighted by atomic mass is 9.92. The average molecular weight is 679 g/mol. The number of aliphatic carboxylic acids is 1. The van der Waals surface area contributed by atoms with Crippen LogP contribution in [0.3, 0.4) is 0 Å². The third-order valence-electron chi connectivity index (χ3n) is 8.81. The van der Waals surface area contributed by atoms with E-state index in [1.165, 1.54) is 13.0 Å². The predicted octanol–water partition coefficient (Wildman–Crippen LogP) is 4.40. The molecular weight excluding hydrogens is 636 g/mol. The number of benzene rings is 2. The number of aromatic nitrogens is 2. The van der Waals surface area contributed by atoms with Crippen LogP contribution >= 0.6 is 0 Å². The number of hydrogen-bond donors (Lipinski definition) is 2. The summed E-state index contributed by atoms with van der Waals surface area (Å²) in [6.45, 7) is 8.33. The van der Waals surface area contributed by atoms with Gasteiger partial charge in [0.25, 0.3) is 11.5 Å². The quantitative estimate of drug-likeness (QED) is 0.353. The first-order valence-electron chi connectivity index (χ1n) is 15.6. The van der Waals surface area contributed by atoms with E-state index >= 15 is 4.39 Å². The smallest absolute Gasteiger partial charge is 0.411 e. The van der Waals surface area contributed by atoms with E-state index in [4.69, 9.17) is 4.74 Å². The second-order valence-electron chi connectivity index (χ2n) is 11.6. The first-order chi connectivity index (χ1) is 22.2. The molecule has 10 nitrogen and oxygen atoms in total. The summed E-state index contributed by atoms with van der Waals surface area (Å²) in [6.07, 6.45) is -2.58. The molecule has 0 radical (unpaired) electrons. The molecule has 2 aromatic carbocycles. The Balaban J connectivity index is 0.00000204. The normalized spacial score (nSPS) is 16.3. The molecule has 0 bridgehead atoms. The van der Waals surface area contributed by atoms with Crippen LogP contribution in [0.25, 0.3) is 11.3 Å². The minimum atomic E-state index is -4.61. The molecule has 14 heteroatoms. The van der Waals surface area contributed by atoms with E-state index in [9.17, 15) is 32.7 Å². The van der Waals surface area contributed by atoms with Gasteiger partial charge >= 0.3 is 12.1 Å². The largest absolute Gasteiger partial charge is 0.480 e. The molecular formula is C34H42F4N4O6. The molecule has 1 amide bonds. The number of fused-ring (bicyclic) bond motifs is 1. The van der Waals surface area contributed by atoms with E-state index in [0.717, 1.165) is 39.9 Å². The van der Waals surface area contributed by atoms with Crippen molar-refractivity contribution in [1.82, 2.24) is 14.9 Å². The topological polar surface area (TPSA) is 145 Å². The highest BCUT2D eigenvalue weighted by Gasteiger charge is 2.45. The molecule has 4 N–H and O–H groups in total. The summed E-state index contributed by atoms with van der Waals surface area (Å²) >= 11 is 0. The molecule has 1 aliphatic heterocycles. The molecule has 3 aromatic rings. The van der Waals surface area contributed by atoms with E-state index in [0.29, 0.717) is 29.7 Å². The number of carboxylic acid groups (broad SMARTS) is 1. The Morgan fingerprint density at radius 3 is 2.42 bits per heavy atom. The zero-order chi connectivity index (χ0) is 34.8. The number of aryl methyl sites for hydroxylation is 2. The Labute approximate surface area is 276 Å². The molecule has 2 heterocycles. The van der Waals surface area contributed by atoms with Crippen LogP contribution in [0, 0.1) is 26.6 Å². The Morgan fingerprint density at radius 2 is 1.79 bits per heavy atom. The highest BCUT2D eigenvalue weighted by Crippen LogP contribution is 2.35.